The van der Waals surface area contributed by atoms with Crippen molar-refractivity contribution in [3.05, 3.63) is 24.3 Å². The van der Waals surface area contributed by atoms with Gasteiger partial charge in [-0.2, -0.15) is 0 Å². The van der Waals surface area contributed by atoms with Crippen LogP contribution in [0.3, 0.4) is 0 Å². The van der Waals surface area contributed by atoms with Crippen LogP contribution in [-0.2, 0) is 4.79 Å². The third kappa shape index (κ3) is 2.53. The maximum Gasteiger partial charge on any atom is 0.207 e. The molecular formula is C10H15NO. The summed E-state index contributed by atoms with van der Waals surface area (Å²) in [5.74, 6) is 0.477. The molecule has 1 aliphatic rings. The van der Waals surface area contributed by atoms with Gasteiger partial charge in [0.25, 0.3) is 0 Å². The average Bonchev–Trinajstić information content (AvgIpc) is 2.32. The van der Waals surface area contributed by atoms with Crippen LogP contribution in [0.5, 0.6) is 0 Å². The Morgan fingerprint density at radius 3 is 3.17 bits per heavy atom. The number of allylic oxidation sites excluding steroid dienone is 3. The van der Waals surface area contributed by atoms with Gasteiger partial charge in [-0.3, -0.25) is 4.79 Å². The Hall–Kier alpha value is -1.05. The molecule has 0 spiro atoms. The van der Waals surface area contributed by atoms with Gasteiger partial charge in [0.1, 0.15) is 0 Å². The maximum atomic E-state index is 10.2. The molecule has 0 bridgehead atoms. The summed E-state index contributed by atoms with van der Waals surface area (Å²) in [7, 11) is 0. The fraction of sp³-hybridized carbons (Fsp3) is 0.500. The molecule has 1 N–H and O–H groups in total. The Bertz CT molecular complexity index is 196. The molecule has 0 radical (unpaired) electrons. The van der Waals surface area contributed by atoms with E-state index in [2.05, 4.69) is 29.6 Å². The van der Waals surface area contributed by atoms with Crippen LogP contribution >= 0.6 is 0 Å². The van der Waals surface area contributed by atoms with Crippen molar-refractivity contribution in [3.63, 3.8) is 0 Å². The van der Waals surface area contributed by atoms with Gasteiger partial charge < -0.3 is 5.32 Å². The second-order valence-electron chi connectivity index (χ2n) is 3.13. The first-order chi connectivity index (χ1) is 5.84. The van der Waals surface area contributed by atoms with E-state index in [0.29, 0.717) is 5.92 Å². The third-order valence-corrected chi connectivity index (χ3v) is 2.25. The zero-order chi connectivity index (χ0) is 8.81. The molecule has 2 unspecified atom stereocenters. The summed E-state index contributed by atoms with van der Waals surface area (Å²) in [4.78, 5) is 10.2. The Morgan fingerprint density at radius 1 is 1.58 bits per heavy atom. The molecule has 1 rings (SSSR count). The van der Waals surface area contributed by atoms with E-state index in [1.165, 1.54) is 0 Å². The highest BCUT2D eigenvalue weighted by molar-refractivity contribution is 5.46. The van der Waals surface area contributed by atoms with Gasteiger partial charge in [0.05, 0.1) is 0 Å². The molecule has 0 heterocycles. The highest BCUT2D eigenvalue weighted by atomic mass is 16.1. The van der Waals surface area contributed by atoms with Gasteiger partial charge in [-0.05, 0) is 25.7 Å². The van der Waals surface area contributed by atoms with Crippen molar-refractivity contribution in [1.29, 1.82) is 0 Å². The lowest BCUT2D eigenvalue weighted by Crippen LogP contribution is -2.31. The minimum Gasteiger partial charge on any atom is -0.356 e. The van der Waals surface area contributed by atoms with Gasteiger partial charge in [0.2, 0.25) is 6.41 Å². The number of nitrogens with one attached hydrogen (secondary N) is 1. The Balaban J connectivity index is 2.45. The summed E-state index contributed by atoms with van der Waals surface area (Å²) in [6.45, 7) is 2.04. The first kappa shape index (κ1) is 9.04. The van der Waals surface area contributed by atoms with E-state index in [1.807, 2.05) is 6.92 Å². The summed E-state index contributed by atoms with van der Waals surface area (Å²) in [6, 6.07) is 0.249. The molecule has 1 amide bonds. The monoisotopic (exact) mass is 165 g/mol. The lowest BCUT2D eigenvalue weighted by Gasteiger charge is -2.18. The van der Waals surface area contributed by atoms with E-state index in [-0.39, 0.29) is 6.04 Å². The van der Waals surface area contributed by atoms with Crippen LogP contribution in [-0.4, -0.2) is 12.5 Å². The number of carbonyl (C=O) groups excluding carboxylic acids is 1. The molecule has 2 atom stereocenters. The van der Waals surface area contributed by atoms with Crippen molar-refractivity contribution < 1.29 is 4.79 Å². The molecule has 1 aliphatic carbocycles. The van der Waals surface area contributed by atoms with Crippen molar-refractivity contribution in [1.82, 2.24) is 5.32 Å². The number of rotatable bonds is 3. The van der Waals surface area contributed by atoms with Crippen LogP contribution in [0.15, 0.2) is 24.3 Å². The van der Waals surface area contributed by atoms with Crippen molar-refractivity contribution in [2.45, 2.75) is 25.8 Å². The van der Waals surface area contributed by atoms with Crippen LogP contribution in [0.2, 0.25) is 0 Å². The van der Waals surface area contributed by atoms with E-state index in [4.69, 9.17) is 0 Å². The Morgan fingerprint density at radius 2 is 2.42 bits per heavy atom. The number of amides is 1. The highest BCUT2D eigenvalue weighted by Crippen LogP contribution is 2.16. The van der Waals surface area contributed by atoms with Crippen LogP contribution in [0.1, 0.15) is 19.8 Å². The maximum absolute atomic E-state index is 10.2. The predicted octanol–water partition coefficient (Wildman–Crippen LogP) is 1.64. The molecule has 0 aromatic rings. The minimum absolute atomic E-state index is 0.249. The largest absolute Gasteiger partial charge is 0.356 e. The molecule has 0 saturated heterocycles. The van der Waals surface area contributed by atoms with E-state index < -0.39 is 0 Å². The van der Waals surface area contributed by atoms with Gasteiger partial charge in [0, 0.05) is 6.04 Å². The molecular weight excluding hydrogens is 150 g/mol. The molecule has 0 aromatic heterocycles. The third-order valence-electron chi connectivity index (χ3n) is 2.25. The summed E-state index contributed by atoms with van der Waals surface area (Å²) in [5.41, 5.74) is 0. The highest BCUT2D eigenvalue weighted by Gasteiger charge is 2.12. The molecule has 2 heteroatoms. The second kappa shape index (κ2) is 4.75. The summed E-state index contributed by atoms with van der Waals surface area (Å²) in [6.07, 6.45) is 11.4. The van der Waals surface area contributed by atoms with Crippen LogP contribution < -0.4 is 5.32 Å². The van der Waals surface area contributed by atoms with Crippen LogP contribution in [0, 0.1) is 5.92 Å². The topological polar surface area (TPSA) is 29.1 Å². The SMILES string of the molecule is CC(NC=O)C1C=CC=CCC1. The lowest BCUT2D eigenvalue weighted by molar-refractivity contribution is -0.110. The molecule has 0 fully saturated rings. The lowest BCUT2D eigenvalue weighted by atomic mass is 9.96. The standard InChI is InChI=1S/C10H15NO/c1-9(11-8-12)10-6-4-2-3-5-7-10/h2-4,6,8-10H,5,7H2,1H3,(H,11,12). The van der Waals surface area contributed by atoms with E-state index in [1.54, 1.807) is 0 Å². The minimum atomic E-state index is 0.249. The van der Waals surface area contributed by atoms with Crippen molar-refractivity contribution in [2.24, 2.45) is 5.92 Å². The Labute approximate surface area is 73.4 Å². The van der Waals surface area contributed by atoms with E-state index >= 15 is 0 Å². The first-order valence-corrected chi connectivity index (χ1v) is 4.37. The van der Waals surface area contributed by atoms with Gasteiger partial charge >= 0.3 is 0 Å². The van der Waals surface area contributed by atoms with Gasteiger partial charge in [-0.15, -0.1) is 0 Å². The fourth-order valence-electron chi connectivity index (χ4n) is 1.41. The molecule has 0 saturated carbocycles. The molecule has 66 valence electrons. The van der Waals surface area contributed by atoms with Crippen LogP contribution in [0.25, 0.3) is 0 Å². The Kier molecular flexibility index (Phi) is 3.58. The summed E-state index contributed by atoms with van der Waals surface area (Å²) >= 11 is 0. The number of hydrogen-bond donors (Lipinski definition) is 1. The first-order valence-electron chi connectivity index (χ1n) is 4.37. The van der Waals surface area contributed by atoms with Crippen molar-refractivity contribution in [2.75, 3.05) is 0 Å². The molecule has 0 aliphatic heterocycles. The zero-order valence-corrected chi connectivity index (χ0v) is 7.36. The van der Waals surface area contributed by atoms with Gasteiger partial charge in [0.15, 0.2) is 0 Å². The van der Waals surface area contributed by atoms with Crippen molar-refractivity contribution >= 4 is 6.41 Å². The number of hydrogen-bond acceptors (Lipinski definition) is 1. The number of carbonyl (C=O) groups is 1. The predicted molar refractivity (Wildman–Crippen MR) is 49.7 cm³/mol. The smallest absolute Gasteiger partial charge is 0.207 e. The van der Waals surface area contributed by atoms with E-state index in [0.717, 1.165) is 19.3 Å². The zero-order valence-electron chi connectivity index (χ0n) is 7.36. The van der Waals surface area contributed by atoms with Gasteiger partial charge in [-0.1, -0.05) is 24.3 Å². The second-order valence-corrected chi connectivity index (χ2v) is 3.13. The van der Waals surface area contributed by atoms with Crippen molar-refractivity contribution in [3.8, 4) is 0 Å². The quantitative estimate of drug-likeness (QED) is 0.633. The molecule has 2 nitrogen and oxygen atoms in total. The fourth-order valence-corrected chi connectivity index (χ4v) is 1.41. The van der Waals surface area contributed by atoms with E-state index in [9.17, 15) is 4.79 Å². The summed E-state index contributed by atoms with van der Waals surface area (Å²) in [5, 5.41) is 2.78. The normalized spacial score (nSPS) is 24.6. The average molecular weight is 165 g/mol. The summed E-state index contributed by atoms with van der Waals surface area (Å²) < 4.78 is 0. The van der Waals surface area contributed by atoms with Crippen LogP contribution in [0.4, 0.5) is 0 Å². The molecule has 0 aromatic carbocycles. The van der Waals surface area contributed by atoms with Gasteiger partial charge in [-0.25, -0.2) is 0 Å². The molecule has 12 heavy (non-hydrogen) atoms.